The van der Waals surface area contributed by atoms with Gasteiger partial charge < -0.3 is 14.9 Å². The maximum Gasteiger partial charge on any atom is 0.301 e. The molecule has 9 nitrogen and oxygen atoms in total. The number of carbonyl (C=O) groups excluding carboxylic acids is 2. The summed E-state index contributed by atoms with van der Waals surface area (Å²) in [6, 6.07) is 6.61. The topological polar surface area (TPSA) is 126 Å². The number of Topliss-reactive ketones (excluding diaryl/α,β-unsaturated/α-hetero) is 1. The molecule has 3 heterocycles. The van der Waals surface area contributed by atoms with Gasteiger partial charge in [-0.3, -0.25) is 19.5 Å². The molecule has 31 heavy (non-hydrogen) atoms. The monoisotopic (exact) mass is 438 g/mol. The molecule has 1 unspecified atom stereocenters. The Kier molecular flexibility index (Phi) is 5.38. The molecule has 158 valence electrons. The molecule has 1 fully saturated rings. The minimum absolute atomic E-state index is 0.0801. The molecule has 0 saturated carbocycles. The van der Waals surface area contributed by atoms with E-state index in [2.05, 4.69) is 15.2 Å². The number of hydrogen-bond donors (Lipinski definition) is 2. The number of aliphatic hydroxyl groups is 1. The lowest BCUT2D eigenvalue weighted by atomic mass is 9.95. The van der Waals surface area contributed by atoms with Crippen LogP contribution >= 0.6 is 11.3 Å². The molecule has 1 aromatic carbocycles. The Morgan fingerprint density at radius 2 is 1.94 bits per heavy atom. The molecule has 1 amide bonds. The number of nitrogens with zero attached hydrogens (tertiary/aromatic N) is 4. The first-order valence-corrected chi connectivity index (χ1v) is 10.2. The molecular weight excluding hydrogens is 420 g/mol. The van der Waals surface area contributed by atoms with E-state index in [-0.39, 0.29) is 28.0 Å². The highest BCUT2D eigenvalue weighted by Crippen LogP contribution is 2.44. The van der Waals surface area contributed by atoms with E-state index in [9.17, 15) is 19.8 Å². The molecule has 4 rings (SSSR count). The van der Waals surface area contributed by atoms with Gasteiger partial charge in [-0.15, -0.1) is 10.2 Å². The van der Waals surface area contributed by atoms with Gasteiger partial charge in [-0.1, -0.05) is 17.4 Å². The fraction of sp³-hybridized carbons (Fsp3) is 0.190. The van der Waals surface area contributed by atoms with Crippen molar-refractivity contribution in [3.8, 4) is 11.5 Å². The van der Waals surface area contributed by atoms with E-state index in [4.69, 9.17) is 4.74 Å². The van der Waals surface area contributed by atoms with Crippen molar-refractivity contribution >= 4 is 33.9 Å². The highest BCUT2D eigenvalue weighted by molar-refractivity contribution is 7.15. The second-order valence-corrected chi connectivity index (χ2v) is 7.83. The van der Waals surface area contributed by atoms with E-state index in [0.717, 1.165) is 11.3 Å². The number of aryl methyl sites for hydroxylation is 1. The van der Waals surface area contributed by atoms with Crippen LogP contribution in [-0.4, -0.2) is 43.7 Å². The van der Waals surface area contributed by atoms with Crippen LogP contribution in [0.25, 0.3) is 5.76 Å². The smallest absolute Gasteiger partial charge is 0.301 e. The van der Waals surface area contributed by atoms with E-state index in [1.54, 1.807) is 19.9 Å². The molecule has 0 radical (unpaired) electrons. The molecule has 1 aliphatic heterocycles. The van der Waals surface area contributed by atoms with Crippen molar-refractivity contribution in [1.29, 1.82) is 0 Å². The van der Waals surface area contributed by atoms with Gasteiger partial charge in [0.25, 0.3) is 5.78 Å². The third-order valence-electron chi connectivity index (χ3n) is 4.72. The summed E-state index contributed by atoms with van der Waals surface area (Å²) >= 11 is 1.15. The fourth-order valence-electron chi connectivity index (χ4n) is 3.37. The summed E-state index contributed by atoms with van der Waals surface area (Å²) in [7, 11) is 0. The number of phenols is 1. The fourth-order valence-corrected chi connectivity index (χ4v) is 4.08. The van der Waals surface area contributed by atoms with Gasteiger partial charge in [0.05, 0.1) is 18.2 Å². The molecule has 0 aliphatic carbocycles. The number of pyridine rings is 1. The minimum Gasteiger partial charge on any atom is -0.507 e. The number of phenolic OH excluding ortho intramolecular Hbond substituents is 1. The van der Waals surface area contributed by atoms with Crippen molar-refractivity contribution < 1.29 is 24.5 Å². The summed E-state index contributed by atoms with van der Waals surface area (Å²) in [5.41, 5.74) is 0.705. The first-order chi connectivity index (χ1) is 14.9. The zero-order valence-corrected chi connectivity index (χ0v) is 17.5. The highest BCUT2D eigenvalue weighted by atomic mass is 32.1. The summed E-state index contributed by atoms with van der Waals surface area (Å²) < 4.78 is 5.47. The lowest BCUT2D eigenvalue weighted by Crippen LogP contribution is -2.29. The molecule has 1 saturated heterocycles. The minimum atomic E-state index is -0.986. The third kappa shape index (κ3) is 3.61. The SMILES string of the molecule is CCOc1cc(C2/C(=C(\O)c3ccncc3)C(=O)C(=O)N2c2nnc(C)s2)ccc1O. The Bertz CT molecular complexity index is 1190. The highest BCUT2D eigenvalue weighted by Gasteiger charge is 2.48. The van der Waals surface area contributed by atoms with Crippen molar-refractivity contribution in [2.24, 2.45) is 0 Å². The van der Waals surface area contributed by atoms with Crippen molar-refractivity contribution in [2.75, 3.05) is 11.5 Å². The molecule has 2 N–H and O–H groups in total. The van der Waals surface area contributed by atoms with Crippen molar-refractivity contribution in [3.63, 3.8) is 0 Å². The maximum atomic E-state index is 13.0. The second kappa shape index (κ2) is 8.15. The predicted molar refractivity (Wildman–Crippen MR) is 113 cm³/mol. The molecule has 0 bridgehead atoms. The number of benzene rings is 1. The zero-order valence-electron chi connectivity index (χ0n) is 16.6. The number of carbonyl (C=O) groups is 2. The number of aromatic hydroxyl groups is 1. The number of ketones is 1. The van der Waals surface area contributed by atoms with E-state index in [1.165, 1.54) is 41.6 Å². The molecule has 1 aliphatic rings. The van der Waals surface area contributed by atoms with Crippen LogP contribution in [0.1, 0.15) is 29.1 Å². The van der Waals surface area contributed by atoms with Crippen LogP contribution in [-0.2, 0) is 9.59 Å². The Morgan fingerprint density at radius 3 is 2.58 bits per heavy atom. The molecule has 0 spiro atoms. The van der Waals surface area contributed by atoms with Gasteiger partial charge in [-0.25, -0.2) is 0 Å². The molecule has 3 aromatic rings. The number of ether oxygens (including phenoxy) is 1. The van der Waals surface area contributed by atoms with Gasteiger partial charge >= 0.3 is 5.91 Å². The molecule has 2 aromatic heterocycles. The van der Waals surface area contributed by atoms with Gasteiger partial charge in [0.1, 0.15) is 10.8 Å². The molecule has 1 atom stereocenters. The number of aromatic nitrogens is 3. The van der Waals surface area contributed by atoms with Crippen molar-refractivity contribution in [2.45, 2.75) is 19.9 Å². The third-order valence-corrected chi connectivity index (χ3v) is 5.56. The standard InChI is InChI=1S/C21H18N4O5S/c1-3-30-15-10-13(4-5-14(15)26)17-16(18(27)12-6-8-22-9-7-12)19(28)20(29)25(17)21-24-23-11(2)31-21/h4-10,17,26-27H,3H2,1-2H3/b18-16+. The average Bonchev–Trinajstić information content (AvgIpc) is 3.31. The van der Waals surface area contributed by atoms with E-state index in [1.807, 2.05) is 0 Å². The van der Waals surface area contributed by atoms with E-state index in [0.29, 0.717) is 22.7 Å². The van der Waals surface area contributed by atoms with Crippen LogP contribution in [0.3, 0.4) is 0 Å². The Labute approximate surface area is 181 Å². The maximum absolute atomic E-state index is 13.0. The first kappa shape index (κ1) is 20.5. The van der Waals surface area contributed by atoms with Gasteiger partial charge in [0, 0.05) is 18.0 Å². The van der Waals surface area contributed by atoms with Crippen LogP contribution in [0.2, 0.25) is 0 Å². The normalized spacial score (nSPS) is 17.9. The Hall–Kier alpha value is -3.79. The summed E-state index contributed by atoms with van der Waals surface area (Å²) in [4.78, 5) is 31.1. The lowest BCUT2D eigenvalue weighted by Gasteiger charge is -2.23. The van der Waals surface area contributed by atoms with Crippen molar-refractivity contribution in [1.82, 2.24) is 15.2 Å². The van der Waals surface area contributed by atoms with Crippen LogP contribution in [0.15, 0.2) is 48.3 Å². The Morgan fingerprint density at radius 1 is 1.19 bits per heavy atom. The van der Waals surface area contributed by atoms with Crippen LogP contribution in [0.4, 0.5) is 5.13 Å². The van der Waals surface area contributed by atoms with E-state index >= 15 is 0 Å². The van der Waals surface area contributed by atoms with Gasteiger partial charge in [0.2, 0.25) is 5.13 Å². The predicted octanol–water partition coefficient (Wildman–Crippen LogP) is 2.97. The summed E-state index contributed by atoms with van der Waals surface area (Å²) in [5.74, 6) is -1.90. The summed E-state index contributed by atoms with van der Waals surface area (Å²) in [6.07, 6.45) is 2.95. The van der Waals surface area contributed by atoms with Gasteiger partial charge in [0.15, 0.2) is 11.5 Å². The number of anilines is 1. The number of amides is 1. The second-order valence-electron chi connectivity index (χ2n) is 6.67. The molecule has 10 heteroatoms. The lowest BCUT2D eigenvalue weighted by molar-refractivity contribution is -0.132. The number of hydrogen-bond acceptors (Lipinski definition) is 9. The van der Waals surface area contributed by atoms with Crippen LogP contribution in [0, 0.1) is 6.92 Å². The largest absolute Gasteiger partial charge is 0.507 e. The number of rotatable bonds is 5. The van der Waals surface area contributed by atoms with Crippen LogP contribution < -0.4 is 9.64 Å². The Balaban J connectivity index is 1.95. The summed E-state index contributed by atoms with van der Waals surface area (Å²) in [5, 5.41) is 29.9. The zero-order chi connectivity index (χ0) is 22.1. The first-order valence-electron chi connectivity index (χ1n) is 9.39. The van der Waals surface area contributed by atoms with Gasteiger partial charge in [-0.05, 0) is 43.7 Å². The summed E-state index contributed by atoms with van der Waals surface area (Å²) in [6.45, 7) is 3.81. The van der Waals surface area contributed by atoms with Gasteiger partial charge in [-0.2, -0.15) is 0 Å². The quantitative estimate of drug-likeness (QED) is 0.354. The van der Waals surface area contributed by atoms with Crippen LogP contribution in [0.5, 0.6) is 11.5 Å². The van der Waals surface area contributed by atoms with Crippen molar-refractivity contribution in [3.05, 3.63) is 64.4 Å². The number of aliphatic hydroxyl groups excluding tert-OH is 1. The van der Waals surface area contributed by atoms with E-state index < -0.39 is 17.7 Å². The molecular formula is C21H18N4O5S. The average molecular weight is 438 g/mol.